The molecule has 0 radical (unpaired) electrons. The molecule has 1 fully saturated rings. The van der Waals surface area contributed by atoms with Crippen LogP contribution in [0.5, 0.6) is 11.5 Å². The SMILES string of the molecule is Clc1ccc(-c2cc(OCc3ccccc3)c3c(c2)[C@@H]2CNCC[C@@H]2O3)c(Cl)c1. The number of hydrogen-bond acceptors (Lipinski definition) is 3. The highest BCUT2D eigenvalue weighted by Gasteiger charge is 2.38. The van der Waals surface area contributed by atoms with E-state index in [9.17, 15) is 0 Å². The first-order valence-electron chi connectivity index (χ1n) is 9.86. The lowest BCUT2D eigenvalue weighted by Crippen LogP contribution is -2.37. The second-order valence-electron chi connectivity index (χ2n) is 7.55. The van der Waals surface area contributed by atoms with Crippen LogP contribution in [0.1, 0.15) is 23.5 Å². The summed E-state index contributed by atoms with van der Waals surface area (Å²) in [5.41, 5.74) is 4.26. The molecule has 1 N–H and O–H groups in total. The zero-order valence-electron chi connectivity index (χ0n) is 15.8. The molecule has 5 heteroatoms. The van der Waals surface area contributed by atoms with E-state index in [-0.39, 0.29) is 6.10 Å². The molecule has 2 atom stereocenters. The normalized spacial score (nSPS) is 19.9. The largest absolute Gasteiger partial charge is 0.485 e. The van der Waals surface area contributed by atoms with Gasteiger partial charge < -0.3 is 14.8 Å². The zero-order valence-corrected chi connectivity index (χ0v) is 17.3. The lowest BCUT2D eigenvalue weighted by atomic mass is 9.89. The molecule has 0 bridgehead atoms. The molecule has 0 saturated carbocycles. The maximum atomic E-state index is 6.51. The third-order valence-electron chi connectivity index (χ3n) is 5.65. The fourth-order valence-electron chi connectivity index (χ4n) is 4.18. The van der Waals surface area contributed by atoms with Crippen LogP contribution in [0.2, 0.25) is 10.0 Å². The molecular formula is C24H21Cl2NO2. The van der Waals surface area contributed by atoms with Gasteiger partial charge in [-0.25, -0.2) is 0 Å². The minimum Gasteiger partial charge on any atom is -0.485 e. The number of nitrogens with one attached hydrogen (secondary N) is 1. The van der Waals surface area contributed by atoms with E-state index in [4.69, 9.17) is 32.7 Å². The van der Waals surface area contributed by atoms with E-state index in [0.29, 0.717) is 22.6 Å². The van der Waals surface area contributed by atoms with Gasteiger partial charge in [-0.3, -0.25) is 0 Å². The van der Waals surface area contributed by atoms with Gasteiger partial charge in [0, 0.05) is 33.6 Å². The van der Waals surface area contributed by atoms with Gasteiger partial charge in [0.05, 0.1) is 0 Å². The predicted octanol–water partition coefficient (Wildman–Crippen LogP) is 6.08. The summed E-state index contributed by atoms with van der Waals surface area (Å²) in [4.78, 5) is 0. The fourth-order valence-corrected chi connectivity index (χ4v) is 4.70. The highest BCUT2D eigenvalue weighted by Crippen LogP contribution is 2.49. The van der Waals surface area contributed by atoms with Crippen molar-refractivity contribution in [2.24, 2.45) is 0 Å². The van der Waals surface area contributed by atoms with E-state index in [1.807, 2.05) is 36.4 Å². The zero-order chi connectivity index (χ0) is 19.8. The highest BCUT2D eigenvalue weighted by molar-refractivity contribution is 6.36. The van der Waals surface area contributed by atoms with Crippen LogP contribution in [0, 0.1) is 0 Å². The fraction of sp³-hybridized carbons (Fsp3) is 0.250. The molecule has 0 aliphatic carbocycles. The Morgan fingerprint density at radius 1 is 1.03 bits per heavy atom. The number of halogens is 2. The Morgan fingerprint density at radius 3 is 2.72 bits per heavy atom. The third kappa shape index (κ3) is 3.71. The van der Waals surface area contributed by atoms with Gasteiger partial charge in [-0.1, -0.05) is 59.6 Å². The first-order valence-corrected chi connectivity index (χ1v) is 10.6. The predicted molar refractivity (Wildman–Crippen MR) is 117 cm³/mol. The Bertz CT molecular complexity index is 1040. The molecule has 2 aliphatic heterocycles. The summed E-state index contributed by atoms with van der Waals surface area (Å²) in [6.45, 7) is 2.38. The van der Waals surface area contributed by atoms with Crippen molar-refractivity contribution < 1.29 is 9.47 Å². The number of fused-ring (bicyclic) bond motifs is 3. The Hall–Kier alpha value is -2.20. The van der Waals surface area contributed by atoms with E-state index in [1.54, 1.807) is 6.07 Å². The smallest absolute Gasteiger partial charge is 0.165 e. The van der Waals surface area contributed by atoms with Crippen LogP contribution < -0.4 is 14.8 Å². The van der Waals surface area contributed by atoms with Crippen molar-refractivity contribution in [1.82, 2.24) is 5.32 Å². The van der Waals surface area contributed by atoms with Crippen molar-refractivity contribution in [2.75, 3.05) is 13.1 Å². The molecule has 148 valence electrons. The van der Waals surface area contributed by atoms with E-state index < -0.39 is 0 Å². The molecule has 3 aromatic carbocycles. The summed E-state index contributed by atoms with van der Waals surface area (Å²) in [6.07, 6.45) is 1.19. The van der Waals surface area contributed by atoms with Crippen LogP contribution in [-0.4, -0.2) is 19.2 Å². The number of hydrogen-bond donors (Lipinski definition) is 1. The van der Waals surface area contributed by atoms with Crippen molar-refractivity contribution >= 4 is 23.2 Å². The quantitative estimate of drug-likeness (QED) is 0.549. The first-order chi connectivity index (χ1) is 14.2. The van der Waals surface area contributed by atoms with Crippen molar-refractivity contribution in [3.05, 3.63) is 81.8 Å². The van der Waals surface area contributed by atoms with Crippen molar-refractivity contribution in [2.45, 2.75) is 25.0 Å². The van der Waals surface area contributed by atoms with E-state index >= 15 is 0 Å². The van der Waals surface area contributed by atoms with Gasteiger partial charge in [0.25, 0.3) is 0 Å². The van der Waals surface area contributed by atoms with Gasteiger partial charge in [0.1, 0.15) is 12.7 Å². The maximum Gasteiger partial charge on any atom is 0.165 e. The molecule has 0 aromatic heterocycles. The molecule has 0 spiro atoms. The molecule has 0 amide bonds. The van der Waals surface area contributed by atoms with Gasteiger partial charge in [0.2, 0.25) is 0 Å². The molecule has 0 unspecified atom stereocenters. The maximum absolute atomic E-state index is 6.51. The minimum absolute atomic E-state index is 0.196. The molecule has 3 aromatic rings. The monoisotopic (exact) mass is 425 g/mol. The van der Waals surface area contributed by atoms with Gasteiger partial charge in [-0.15, -0.1) is 0 Å². The van der Waals surface area contributed by atoms with E-state index in [1.165, 1.54) is 5.56 Å². The van der Waals surface area contributed by atoms with Crippen LogP contribution in [0.15, 0.2) is 60.7 Å². The minimum atomic E-state index is 0.196. The summed E-state index contributed by atoms with van der Waals surface area (Å²) in [5.74, 6) is 1.96. The van der Waals surface area contributed by atoms with Crippen molar-refractivity contribution in [3.63, 3.8) is 0 Å². The number of benzene rings is 3. The molecule has 2 heterocycles. The molecule has 1 saturated heterocycles. The highest BCUT2D eigenvalue weighted by atomic mass is 35.5. The van der Waals surface area contributed by atoms with Crippen LogP contribution >= 0.6 is 23.2 Å². The van der Waals surface area contributed by atoms with Gasteiger partial charge in [-0.2, -0.15) is 0 Å². The molecule has 2 aliphatic rings. The van der Waals surface area contributed by atoms with Crippen molar-refractivity contribution in [1.29, 1.82) is 0 Å². The molecule has 3 nitrogen and oxygen atoms in total. The van der Waals surface area contributed by atoms with Gasteiger partial charge >= 0.3 is 0 Å². The molecule has 5 rings (SSSR count). The standard InChI is InChI=1S/C24H21Cl2NO2/c25-17-6-7-18(21(26)12-17)16-10-19-20-13-27-9-8-22(20)29-24(19)23(11-16)28-14-15-4-2-1-3-5-15/h1-7,10-12,20,22,27H,8-9,13-14H2/t20-,22-/m0/s1. The second-order valence-corrected chi connectivity index (χ2v) is 8.39. The van der Waals surface area contributed by atoms with E-state index in [2.05, 4.69) is 23.5 Å². The Labute approximate surface area is 180 Å². The van der Waals surface area contributed by atoms with Crippen LogP contribution in [0.4, 0.5) is 0 Å². The van der Waals surface area contributed by atoms with Gasteiger partial charge in [-0.05, 0) is 48.4 Å². The number of rotatable bonds is 4. The Kier molecular flexibility index (Phi) is 5.13. The van der Waals surface area contributed by atoms with Crippen LogP contribution in [-0.2, 0) is 6.61 Å². The Morgan fingerprint density at radius 2 is 1.90 bits per heavy atom. The number of ether oxygens (including phenoxy) is 2. The summed E-state index contributed by atoms with van der Waals surface area (Å²) in [5, 5.41) is 4.74. The summed E-state index contributed by atoms with van der Waals surface area (Å²) in [6, 6.07) is 20.0. The second kappa shape index (κ2) is 7.91. The lowest BCUT2D eigenvalue weighted by Gasteiger charge is -2.24. The molecular weight excluding hydrogens is 405 g/mol. The van der Waals surface area contributed by atoms with Crippen LogP contribution in [0.3, 0.4) is 0 Å². The van der Waals surface area contributed by atoms with Crippen LogP contribution in [0.25, 0.3) is 11.1 Å². The lowest BCUT2D eigenvalue weighted by molar-refractivity contribution is 0.165. The Balaban J connectivity index is 1.56. The first kappa shape index (κ1) is 18.8. The average Bonchev–Trinajstić information content (AvgIpc) is 3.11. The average molecular weight is 426 g/mol. The van der Waals surface area contributed by atoms with Gasteiger partial charge in [0.15, 0.2) is 11.5 Å². The summed E-state index contributed by atoms with van der Waals surface area (Å²) in [7, 11) is 0. The topological polar surface area (TPSA) is 30.5 Å². The van der Waals surface area contributed by atoms with E-state index in [0.717, 1.165) is 47.7 Å². The number of piperidine rings is 1. The summed E-state index contributed by atoms with van der Waals surface area (Å²) < 4.78 is 12.6. The summed E-state index contributed by atoms with van der Waals surface area (Å²) >= 11 is 12.6. The third-order valence-corrected chi connectivity index (χ3v) is 6.20. The molecule has 29 heavy (non-hydrogen) atoms. The van der Waals surface area contributed by atoms with Crippen molar-refractivity contribution in [3.8, 4) is 22.6 Å².